The SMILES string of the molecule is C=C[SiH3].C=C[Si](Cl)(Cl)Cl. The summed E-state index contributed by atoms with van der Waals surface area (Å²) in [4.78, 5) is 0. The number of halogens is 3. The molecular formula is C4H9Cl3Si2. The maximum atomic E-state index is 5.27. The molecule has 0 radical (unpaired) electrons. The van der Waals surface area contributed by atoms with Crippen LogP contribution in [-0.4, -0.2) is 16.2 Å². The van der Waals surface area contributed by atoms with Crippen LogP contribution in [0.1, 0.15) is 0 Å². The van der Waals surface area contributed by atoms with Gasteiger partial charge >= 0.3 is 6.00 Å². The normalized spacial score (nSPS) is 9.22. The van der Waals surface area contributed by atoms with E-state index in [2.05, 4.69) is 13.2 Å². The van der Waals surface area contributed by atoms with Gasteiger partial charge in [0.05, 0.1) is 0 Å². The van der Waals surface area contributed by atoms with Gasteiger partial charge in [-0.1, -0.05) is 5.70 Å². The van der Waals surface area contributed by atoms with Gasteiger partial charge in [0.2, 0.25) is 0 Å². The molecule has 0 saturated heterocycles. The van der Waals surface area contributed by atoms with Crippen LogP contribution >= 0.6 is 33.2 Å². The van der Waals surface area contributed by atoms with Crippen molar-refractivity contribution in [2.45, 2.75) is 0 Å². The first-order valence-corrected chi connectivity index (χ1v) is 8.52. The Morgan fingerprint density at radius 3 is 1.33 bits per heavy atom. The Morgan fingerprint density at radius 1 is 1.22 bits per heavy atom. The first-order chi connectivity index (χ1) is 3.97. The fraction of sp³-hybridized carbons (Fsp3) is 0. The van der Waals surface area contributed by atoms with E-state index in [0.29, 0.717) is 0 Å². The third kappa shape index (κ3) is 28.2. The van der Waals surface area contributed by atoms with E-state index >= 15 is 0 Å². The zero-order chi connectivity index (χ0) is 7.91. The lowest BCUT2D eigenvalue weighted by atomic mass is 11.3. The minimum Gasteiger partial charge on any atom is -0.121 e. The molecule has 0 amide bonds. The van der Waals surface area contributed by atoms with E-state index in [-0.39, 0.29) is 0 Å². The Hall–Kier alpha value is 0.784. The van der Waals surface area contributed by atoms with Crippen molar-refractivity contribution < 1.29 is 0 Å². The van der Waals surface area contributed by atoms with Crippen LogP contribution in [-0.2, 0) is 0 Å². The van der Waals surface area contributed by atoms with Crippen LogP contribution in [0.4, 0.5) is 0 Å². The molecule has 0 bridgehead atoms. The van der Waals surface area contributed by atoms with Crippen LogP contribution in [0.25, 0.3) is 0 Å². The molecule has 0 N–H and O–H groups in total. The highest BCUT2D eigenvalue weighted by Gasteiger charge is 2.17. The Kier molecular flexibility index (Phi) is 9.55. The van der Waals surface area contributed by atoms with E-state index in [1.807, 2.05) is 5.70 Å². The molecule has 0 nitrogen and oxygen atoms in total. The van der Waals surface area contributed by atoms with Gasteiger partial charge in [0, 0.05) is 10.2 Å². The Labute approximate surface area is 74.0 Å². The molecule has 0 aromatic rings. The van der Waals surface area contributed by atoms with E-state index in [0.717, 1.165) is 10.2 Å². The monoisotopic (exact) mass is 218 g/mol. The van der Waals surface area contributed by atoms with Crippen molar-refractivity contribution >= 4 is 49.5 Å². The third-order valence-corrected chi connectivity index (χ3v) is 2.08. The fourth-order valence-electron chi connectivity index (χ4n) is 0. The second-order valence-electron chi connectivity index (χ2n) is 1.15. The van der Waals surface area contributed by atoms with Crippen molar-refractivity contribution in [2.75, 3.05) is 0 Å². The Morgan fingerprint density at radius 2 is 1.33 bits per heavy atom. The van der Waals surface area contributed by atoms with Gasteiger partial charge in [-0.15, -0.1) is 52.1 Å². The molecule has 0 aliphatic heterocycles. The number of hydrogen-bond acceptors (Lipinski definition) is 0. The molecule has 0 aromatic carbocycles. The summed E-state index contributed by atoms with van der Waals surface area (Å²) < 4.78 is 0. The van der Waals surface area contributed by atoms with Gasteiger partial charge in [0.15, 0.2) is 0 Å². The zero-order valence-corrected chi connectivity index (χ0v) is 10.5. The average Bonchev–Trinajstić information content (AvgIpc) is 1.67. The molecule has 0 aliphatic rings. The van der Waals surface area contributed by atoms with Crippen molar-refractivity contribution in [3.63, 3.8) is 0 Å². The standard InChI is InChI=1S/C2H3Cl3Si.C2H6Si/c1-2-6(3,4)5;1-2-3/h2H,1H2;2H,1H2,3H3. The van der Waals surface area contributed by atoms with Crippen molar-refractivity contribution in [3.8, 4) is 0 Å². The van der Waals surface area contributed by atoms with E-state index in [1.54, 1.807) is 0 Å². The Bertz CT molecular complexity index is 86.3. The van der Waals surface area contributed by atoms with Gasteiger partial charge in [-0.05, 0) is 0 Å². The van der Waals surface area contributed by atoms with Gasteiger partial charge in [-0.3, -0.25) is 0 Å². The molecule has 0 rings (SSSR count). The first kappa shape index (κ1) is 12.5. The summed E-state index contributed by atoms with van der Waals surface area (Å²) in [5, 5.41) is 0. The molecule has 0 spiro atoms. The third-order valence-electron chi connectivity index (χ3n) is 0.231. The van der Waals surface area contributed by atoms with Gasteiger partial charge in [-0.25, -0.2) is 0 Å². The summed E-state index contributed by atoms with van der Waals surface area (Å²) in [6, 6.07) is -2.45. The summed E-state index contributed by atoms with van der Waals surface area (Å²) in [6.45, 7) is 6.72. The molecule has 0 aromatic heterocycles. The largest absolute Gasteiger partial charge is 0.365 e. The average molecular weight is 220 g/mol. The molecule has 0 atom stereocenters. The molecule has 5 heteroatoms. The zero-order valence-electron chi connectivity index (χ0n) is 5.20. The van der Waals surface area contributed by atoms with Crippen LogP contribution < -0.4 is 0 Å². The lowest BCUT2D eigenvalue weighted by Gasteiger charge is -1.92. The van der Waals surface area contributed by atoms with E-state index in [1.165, 1.54) is 5.70 Å². The minimum absolute atomic E-state index is 1.13. The van der Waals surface area contributed by atoms with Gasteiger partial charge in [0.1, 0.15) is 0 Å². The molecule has 0 aliphatic carbocycles. The molecule has 0 unspecified atom stereocenters. The minimum atomic E-state index is -2.45. The molecule has 54 valence electrons. The van der Waals surface area contributed by atoms with Gasteiger partial charge in [-0.2, -0.15) is 0 Å². The lowest BCUT2D eigenvalue weighted by Crippen LogP contribution is -2.01. The lowest BCUT2D eigenvalue weighted by molar-refractivity contribution is 2.56. The summed E-state index contributed by atoms with van der Waals surface area (Å²) in [5.74, 6) is 0. The van der Waals surface area contributed by atoms with Crippen molar-refractivity contribution in [2.24, 2.45) is 0 Å². The van der Waals surface area contributed by atoms with Crippen LogP contribution in [0.5, 0.6) is 0 Å². The first-order valence-electron chi connectivity index (χ1n) is 2.25. The second-order valence-corrected chi connectivity index (χ2v) is 10.6. The van der Waals surface area contributed by atoms with E-state index < -0.39 is 6.00 Å². The van der Waals surface area contributed by atoms with Crippen LogP contribution in [0.3, 0.4) is 0 Å². The molecule has 0 fully saturated rings. The molecule has 0 heterocycles. The smallest absolute Gasteiger partial charge is 0.121 e. The summed E-state index contributed by atoms with van der Waals surface area (Å²) in [5.41, 5.74) is 3.26. The Balaban J connectivity index is 0. The molecule has 9 heavy (non-hydrogen) atoms. The fourth-order valence-corrected chi connectivity index (χ4v) is 0. The van der Waals surface area contributed by atoms with Crippen LogP contribution in [0, 0.1) is 0 Å². The topological polar surface area (TPSA) is 0 Å². The maximum absolute atomic E-state index is 5.27. The summed E-state index contributed by atoms with van der Waals surface area (Å²) in [6.07, 6.45) is 0. The molecular weight excluding hydrogens is 211 g/mol. The number of rotatable bonds is 1. The van der Waals surface area contributed by atoms with E-state index in [4.69, 9.17) is 33.2 Å². The summed E-state index contributed by atoms with van der Waals surface area (Å²) in [7, 11) is 1.13. The van der Waals surface area contributed by atoms with Crippen molar-refractivity contribution in [3.05, 3.63) is 24.6 Å². The summed E-state index contributed by atoms with van der Waals surface area (Å²) >= 11 is 15.8. The highest BCUT2D eigenvalue weighted by Crippen LogP contribution is 2.19. The number of hydrogen-bond donors (Lipinski definition) is 0. The highest BCUT2D eigenvalue weighted by molar-refractivity contribution is 7.66. The van der Waals surface area contributed by atoms with Crippen LogP contribution in [0.15, 0.2) is 24.6 Å². The second kappa shape index (κ2) is 6.90. The maximum Gasteiger partial charge on any atom is 0.365 e. The van der Waals surface area contributed by atoms with Gasteiger partial charge < -0.3 is 0 Å². The van der Waals surface area contributed by atoms with Crippen LogP contribution in [0.2, 0.25) is 0 Å². The van der Waals surface area contributed by atoms with Crippen molar-refractivity contribution in [1.29, 1.82) is 0 Å². The predicted molar refractivity (Wildman–Crippen MR) is 53.6 cm³/mol. The predicted octanol–water partition coefficient (Wildman–Crippen LogP) is 1.86. The highest BCUT2D eigenvalue weighted by atomic mass is 35.8. The quantitative estimate of drug-likeness (QED) is 0.467. The molecule has 0 saturated carbocycles. The van der Waals surface area contributed by atoms with E-state index in [9.17, 15) is 0 Å². The van der Waals surface area contributed by atoms with Crippen molar-refractivity contribution in [1.82, 2.24) is 0 Å². The van der Waals surface area contributed by atoms with Gasteiger partial charge in [0.25, 0.3) is 0 Å².